The molecule has 7 heteroatoms. The Hall–Kier alpha value is -1.31. The van der Waals surface area contributed by atoms with Gasteiger partial charge < -0.3 is 10.1 Å². The van der Waals surface area contributed by atoms with Crippen LogP contribution in [0.3, 0.4) is 0 Å². The van der Waals surface area contributed by atoms with E-state index in [1.807, 2.05) is 50.2 Å². The summed E-state index contributed by atoms with van der Waals surface area (Å²) >= 11 is 8.21. The van der Waals surface area contributed by atoms with Gasteiger partial charge >= 0.3 is 5.97 Å². The molecule has 1 amide bonds. The van der Waals surface area contributed by atoms with Crippen LogP contribution in [0.1, 0.15) is 11.1 Å². The number of halogens is 2. The van der Waals surface area contributed by atoms with E-state index >= 15 is 0 Å². The Morgan fingerprint density at radius 3 is 2.40 bits per heavy atom. The number of nitrogens with one attached hydrogen (secondary N) is 1. The second-order valence-electron chi connectivity index (χ2n) is 5.37. The fraction of sp³-hybridized carbons (Fsp3) is 0.222. The molecule has 2 aromatic rings. The van der Waals surface area contributed by atoms with E-state index in [0.717, 1.165) is 25.0 Å². The van der Waals surface area contributed by atoms with Crippen LogP contribution in [0.5, 0.6) is 0 Å². The molecule has 0 aliphatic carbocycles. The summed E-state index contributed by atoms with van der Waals surface area (Å²) in [5.74, 6) is -0.652. The first-order chi connectivity index (χ1) is 11.9. The predicted molar refractivity (Wildman–Crippen MR) is 108 cm³/mol. The number of rotatable bonds is 6. The number of ether oxygens (including phenoxy) is 1. The van der Waals surface area contributed by atoms with Gasteiger partial charge in [-0.25, -0.2) is 0 Å². The molecule has 0 spiro atoms. The molecule has 25 heavy (non-hydrogen) atoms. The highest BCUT2D eigenvalue weighted by atomic mass is 79.9. The summed E-state index contributed by atoms with van der Waals surface area (Å²) in [6, 6.07) is 11.6. The zero-order valence-electron chi connectivity index (χ0n) is 13.8. The first-order valence-corrected chi connectivity index (χ1v) is 10.0. The van der Waals surface area contributed by atoms with Gasteiger partial charge in [-0.15, -0.1) is 11.8 Å². The van der Waals surface area contributed by atoms with Gasteiger partial charge in [0.2, 0.25) is 0 Å². The van der Waals surface area contributed by atoms with Crippen LogP contribution in [-0.2, 0) is 14.3 Å². The maximum Gasteiger partial charge on any atom is 0.316 e. The Morgan fingerprint density at radius 1 is 1.12 bits per heavy atom. The molecular formula is C18H17Br2NO3S. The number of hydrogen-bond donors (Lipinski definition) is 1. The summed E-state index contributed by atoms with van der Waals surface area (Å²) < 4.78 is 6.56. The molecule has 132 valence electrons. The lowest BCUT2D eigenvalue weighted by Crippen LogP contribution is -2.22. The van der Waals surface area contributed by atoms with Gasteiger partial charge in [-0.2, -0.15) is 0 Å². The van der Waals surface area contributed by atoms with Crippen LogP contribution < -0.4 is 5.32 Å². The predicted octanol–water partition coefficient (Wildman–Crippen LogP) is 5.10. The third-order valence-electron chi connectivity index (χ3n) is 3.25. The SMILES string of the molecule is Cc1cc(Br)c(NC(=O)COC(=O)CSc2ccccc2C)c(Br)c1. The first-order valence-electron chi connectivity index (χ1n) is 7.46. The van der Waals surface area contributed by atoms with E-state index in [9.17, 15) is 9.59 Å². The topological polar surface area (TPSA) is 55.4 Å². The average molecular weight is 487 g/mol. The lowest BCUT2D eigenvalue weighted by atomic mass is 10.2. The minimum atomic E-state index is -0.426. The Morgan fingerprint density at radius 2 is 1.76 bits per heavy atom. The van der Waals surface area contributed by atoms with E-state index in [2.05, 4.69) is 37.2 Å². The fourth-order valence-electron chi connectivity index (χ4n) is 2.04. The molecule has 4 nitrogen and oxygen atoms in total. The van der Waals surface area contributed by atoms with Gasteiger partial charge in [-0.1, -0.05) is 18.2 Å². The molecule has 0 aromatic heterocycles. The van der Waals surface area contributed by atoms with Gasteiger partial charge in [0.05, 0.1) is 11.4 Å². The number of anilines is 1. The summed E-state index contributed by atoms with van der Waals surface area (Å²) in [4.78, 5) is 24.8. The Labute approximate surface area is 168 Å². The summed E-state index contributed by atoms with van der Waals surface area (Å²) in [5.41, 5.74) is 2.77. The standard InChI is InChI=1S/C18H17Br2NO3S/c1-11-7-13(19)18(14(20)8-11)21-16(22)9-24-17(23)10-25-15-6-4-3-5-12(15)2/h3-8H,9-10H2,1-2H3,(H,21,22). The highest BCUT2D eigenvalue weighted by molar-refractivity contribution is 9.11. The quantitative estimate of drug-likeness (QED) is 0.455. The summed E-state index contributed by atoms with van der Waals surface area (Å²) in [6.07, 6.45) is 0. The Kier molecular flexibility index (Phi) is 7.53. The van der Waals surface area contributed by atoms with Crippen molar-refractivity contribution in [2.75, 3.05) is 17.7 Å². The smallest absolute Gasteiger partial charge is 0.316 e. The molecule has 0 heterocycles. The van der Waals surface area contributed by atoms with Crippen LogP contribution >= 0.6 is 43.6 Å². The number of hydrogen-bond acceptors (Lipinski definition) is 4. The molecule has 2 aromatic carbocycles. The van der Waals surface area contributed by atoms with Crippen molar-refractivity contribution >= 4 is 61.2 Å². The molecule has 1 N–H and O–H groups in total. The van der Waals surface area contributed by atoms with Crippen molar-refractivity contribution < 1.29 is 14.3 Å². The lowest BCUT2D eigenvalue weighted by molar-refractivity contribution is -0.144. The molecule has 0 saturated heterocycles. The van der Waals surface area contributed by atoms with Gasteiger partial charge in [0.15, 0.2) is 6.61 Å². The molecule has 0 bridgehead atoms. The molecule has 0 saturated carbocycles. The number of carbonyl (C=O) groups is 2. The molecule has 0 atom stereocenters. The van der Waals surface area contributed by atoms with Gasteiger partial charge in [0, 0.05) is 13.8 Å². The van der Waals surface area contributed by atoms with Crippen LogP contribution in [-0.4, -0.2) is 24.2 Å². The number of benzene rings is 2. The summed E-state index contributed by atoms with van der Waals surface area (Å²) in [7, 11) is 0. The van der Waals surface area contributed by atoms with Crippen LogP contribution in [0.2, 0.25) is 0 Å². The third-order valence-corrected chi connectivity index (χ3v) is 5.65. The second-order valence-corrected chi connectivity index (χ2v) is 8.09. The van der Waals surface area contributed by atoms with Gasteiger partial charge in [0.25, 0.3) is 5.91 Å². The highest BCUT2D eigenvalue weighted by Gasteiger charge is 2.13. The van der Waals surface area contributed by atoms with E-state index in [1.165, 1.54) is 11.8 Å². The van der Waals surface area contributed by atoms with Crippen LogP contribution in [0.25, 0.3) is 0 Å². The maximum absolute atomic E-state index is 12.0. The first kappa shape index (κ1) is 20.0. The fourth-order valence-corrected chi connectivity index (χ4v) is 4.48. The normalized spacial score (nSPS) is 10.4. The molecule has 0 aliphatic heterocycles. The van der Waals surface area contributed by atoms with Gasteiger partial charge in [0.1, 0.15) is 0 Å². The zero-order chi connectivity index (χ0) is 18.4. The minimum Gasteiger partial charge on any atom is -0.455 e. The maximum atomic E-state index is 12.0. The van der Waals surface area contributed by atoms with Crippen molar-refractivity contribution in [1.29, 1.82) is 0 Å². The number of amides is 1. The van der Waals surface area contributed by atoms with Crippen molar-refractivity contribution in [1.82, 2.24) is 0 Å². The van der Waals surface area contributed by atoms with Crippen molar-refractivity contribution in [3.8, 4) is 0 Å². The summed E-state index contributed by atoms with van der Waals surface area (Å²) in [5, 5.41) is 2.73. The summed E-state index contributed by atoms with van der Waals surface area (Å²) in [6.45, 7) is 3.62. The number of aryl methyl sites for hydroxylation is 2. The molecular weight excluding hydrogens is 470 g/mol. The van der Waals surface area contributed by atoms with Crippen LogP contribution in [0, 0.1) is 13.8 Å². The van der Waals surface area contributed by atoms with Gasteiger partial charge in [-0.05, 0) is 75.0 Å². The average Bonchev–Trinajstić information content (AvgIpc) is 2.55. The van der Waals surface area contributed by atoms with Crippen molar-refractivity contribution in [3.63, 3.8) is 0 Å². The Bertz CT molecular complexity index is 773. The molecule has 0 radical (unpaired) electrons. The highest BCUT2D eigenvalue weighted by Crippen LogP contribution is 2.32. The van der Waals surface area contributed by atoms with Crippen molar-refractivity contribution in [2.45, 2.75) is 18.7 Å². The van der Waals surface area contributed by atoms with E-state index in [4.69, 9.17) is 4.74 Å². The van der Waals surface area contributed by atoms with Crippen LogP contribution in [0.15, 0.2) is 50.2 Å². The minimum absolute atomic E-state index is 0.163. The van der Waals surface area contributed by atoms with Gasteiger partial charge in [-0.3, -0.25) is 9.59 Å². The monoisotopic (exact) mass is 485 g/mol. The number of thioether (sulfide) groups is 1. The van der Waals surface area contributed by atoms with E-state index < -0.39 is 5.97 Å². The number of carbonyl (C=O) groups excluding carboxylic acids is 2. The van der Waals surface area contributed by atoms with E-state index in [1.54, 1.807) is 0 Å². The molecule has 0 unspecified atom stereocenters. The van der Waals surface area contributed by atoms with E-state index in [0.29, 0.717) is 5.69 Å². The molecule has 0 fully saturated rings. The van der Waals surface area contributed by atoms with Crippen molar-refractivity contribution in [3.05, 3.63) is 56.5 Å². The lowest BCUT2D eigenvalue weighted by Gasteiger charge is -2.11. The number of esters is 1. The zero-order valence-corrected chi connectivity index (χ0v) is 17.8. The van der Waals surface area contributed by atoms with Crippen molar-refractivity contribution in [2.24, 2.45) is 0 Å². The molecule has 0 aliphatic rings. The second kappa shape index (κ2) is 9.40. The Balaban J connectivity index is 1.82. The van der Waals surface area contributed by atoms with Crippen LogP contribution in [0.4, 0.5) is 5.69 Å². The third kappa shape index (κ3) is 6.17. The largest absolute Gasteiger partial charge is 0.455 e. The molecule has 2 rings (SSSR count). The van der Waals surface area contributed by atoms with E-state index in [-0.39, 0.29) is 18.3 Å².